The third kappa shape index (κ3) is 30.6. The molecular formula is C57H101N3O19P2. The molecule has 3 unspecified atom stereocenters. The SMILES string of the molecule is CCCCC[C@H](O)/C=C\[C@@H]1[C@H](O)[C@H](O)[C@H]2COP(=O)(O)OP(=O)(O)OC[C@@H](COC(=O)CCCCCCCCCCCCCCCCCCCCC(C)CC)OC(=O)CCCCC(=O)C[C@H]([C@H](n3ccc(N)nc3=O)O2)[C@@H](O)C[C@H]1O. The Balaban J connectivity index is 1.62. The molecule has 13 atom stereocenters. The number of hydrogen-bond acceptors (Lipinski definition) is 19. The quantitative estimate of drug-likeness (QED) is 0.0148. The van der Waals surface area contributed by atoms with E-state index in [2.05, 4.69) is 23.1 Å². The molecule has 468 valence electrons. The summed E-state index contributed by atoms with van der Waals surface area (Å²) >= 11 is 0. The number of unbranched alkanes of at least 4 members (excludes halogenated alkanes) is 19. The number of nitrogens with zero attached hydrogens (tertiary/aromatic N) is 2. The van der Waals surface area contributed by atoms with Crippen molar-refractivity contribution < 1.29 is 86.4 Å². The van der Waals surface area contributed by atoms with E-state index in [1.54, 1.807) is 0 Å². The van der Waals surface area contributed by atoms with Crippen LogP contribution >= 0.6 is 15.6 Å². The number of rotatable bonds is 31. The van der Waals surface area contributed by atoms with Crippen molar-refractivity contribution in [3.8, 4) is 0 Å². The van der Waals surface area contributed by atoms with Crippen molar-refractivity contribution in [2.45, 2.75) is 269 Å². The van der Waals surface area contributed by atoms with E-state index in [-0.39, 0.29) is 37.9 Å². The number of ketones is 1. The van der Waals surface area contributed by atoms with Crippen molar-refractivity contribution in [3.05, 3.63) is 34.9 Å². The van der Waals surface area contributed by atoms with Crippen LogP contribution in [0.25, 0.3) is 0 Å². The lowest BCUT2D eigenvalue weighted by Gasteiger charge is -2.40. The maximum atomic E-state index is 13.8. The molecule has 3 rings (SSSR count). The Kier molecular flexibility index (Phi) is 36.0. The molecule has 22 nitrogen and oxygen atoms in total. The summed E-state index contributed by atoms with van der Waals surface area (Å²) in [6, 6.07) is 1.18. The van der Waals surface area contributed by atoms with Crippen LogP contribution in [0.2, 0.25) is 0 Å². The third-order valence-electron chi connectivity index (χ3n) is 15.3. The number of phosphoric ester groups is 2. The van der Waals surface area contributed by atoms with Crippen LogP contribution in [0.4, 0.5) is 5.82 Å². The van der Waals surface area contributed by atoms with Crippen molar-refractivity contribution in [1.29, 1.82) is 0 Å². The normalized spacial score (nSPS) is 28.8. The molecule has 0 aromatic carbocycles. The maximum absolute atomic E-state index is 13.8. The Morgan fingerprint density at radius 3 is 1.91 bits per heavy atom. The summed E-state index contributed by atoms with van der Waals surface area (Å²) in [5.41, 5.74) is 4.68. The van der Waals surface area contributed by atoms with Crippen LogP contribution in [-0.4, -0.2) is 125 Å². The van der Waals surface area contributed by atoms with Gasteiger partial charge < -0.3 is 55.3 Å². The summed E-state index contributed by atoms with van der Waals surface area (Å²) < 4.78 is 58.9. The first-order chi connectivity index (χ1) is 38.6. The monoisotopic (exact) mass is 1190 g/mol. The average molecular weight is 1190 g/mol. The van der Waals surface area contributed by atoms with Gasteiger partial charge in [-0.15, -0.1) is 0 Å². The highest BCUT2D eigenvalue weighted by Crippen LogP contribution is 2.60. The zero-order valence-electron chi connectivity index (χ0n) is 48.6. The van der Waals surface area contributed by atoms with Crippen LogP contribution in [0, 0.1) is 17.8 Å². The molecular weight excluding hydrogens is 1090 g/mol. The largest absolute Gasteiger partial charge is 0.481 e. The number of carbonyl (C=O) groups is 3. The number of Topliss-reactive ketones (excluding diaryl/α,β-unsaturated/α-hetero) is 1. The van der Waals surface area contributed by atoms with E-state index in [9.17, 15) is 63.6 Å². The van der Waals surface area contributed by atoms with Gasteiger partial charge >= 0.3 is 33.3 Å². The van der Waals surface area contributed by atoms with Gasteiger partial charge in [-0.05, 0) is 37.7 Å². The molecule has 0 aliphatic carbocycles. The van der Waals surface area contributed by atoms with Crippen molar-refractivity contribution >= 4 is 39.2 Å². The molecule has 3 heterocycles. The number of anilines is 1. The molecule has 2 fully saturated rings. The molecule has 24 heteroatoms. The van der Waals surface area contributed by atoms with E-state index in [4.69, 9.17) is 29.0 Å². The number of cyclic esters (lactones) is 1. The Morgan fingerprint density at radius 1 is 0.778 bits per heavy atom. The van der Waals surface area contributed by atoms with Gasteiger partial charge in [0, 0.05) is 50.1 Å². The van der Waals surface area contributed by atoms with Crippen LogP contribution in [-0.2, 0) is 51.1 Å². The number of aromatic nitrogens is 2. The van der Waals surface area contributed by atoms with Crippen LogP contribution < -0.4 is 11.4 Å². The number of aliphatic hydroxyl groups excluding tert-OH is 5. The van der Waals surface area contributed by atoms with Gasteiger partial charge in [0.15, 0.2) is 6.10 Å². The van der Waals surface area contributed by atoms with Gasteiger partial charge in [-0.2, -0.15) is 9.29 Å². The number of nitrogens with two attached hydrogens (primary N) is 1. The van der Waals surface area contributed by atoms with E-state index >= 15 is 0 Å². The van der Waals surface area contributed by atoms with Gasteiger partial charge in [0.05, 0.1) is 37.6 Å². The van der Waals surface area contributed by atoms with Crippen LogP contribution in [0.5, 0.6) is 0 Å². The molecule has 2 aliphatic rings. The molecule has 81 heavy (non-hydrogen) atoms. The fourth-order valence-corrected chi connectivity index (χ4v) is 12.3. The van der Waals surface area contributed by atoms with Crippen LogP contribution in [0.15, 0.2) is 29.2 Å². The van der Waals surface area contributed by atoms with Gasteiger partial charge in [0.2, 0.25) is 0 Å². The number of nitrogen functional groups attached to an aromatic ring is 1. The number of esters is 2. The number of ether oxygens (including phenoxy) is 3. The summed E-state index contributed by atoms with van der Waals surface area (Å²) in [6.45, 7) is 3.74. The highest BCUT2D eigenvalue weighted by atomic mass is 31.3. The zero-order valence-corrected chi connectivity index (χ0v) is 50.4. The van der Waals surface area contributed by atoms with Crippen molar-refractivity contribution in [2.24, 2.45) is 17.8 Å². The minimum Gasteiger partial charge on any atom is -0.462 e. The second kappa shape index (κ2) is 40.4. The number of aliphatic hydroxyl groups is 5. The lowest BCUT2D eigenvalue weighted by Crippen LogP contribution is -2.52. The second-order valence-electron chi connectivity index (χ2n) is 22.4. The minimum atomic E-state index is -5.76. The van der Waals surface area contributed by atoms with Crippen molar-refractivity contribution in [3.63, 3.8) is 0 Å². The molecule has 2 saturated heterocycles. The smallest absolute Gasteiger partial charge is 0.462 e. The molecule has 2 bridgehead atoms. The minimum absolute atomic E-state index is 0.0590. The van der Waals surface area contributed by atoms with Crippen molar-refractivity contribution in [2.75, 3.05) is 25.6 Å². The molecule has 0 saturated carbocycles. The predicted molar refractivity (Wildman–Crippen MR) is 305 cm³/mol. The standard InChI is InChI=1S/C57H101N3O19P2/c1-4-6-23-29-43(61)33-34-46-48(63)38-49(64)47-37-44(62)30-26-27-32-53(66)77-45(39-74-52(65)31-25-22-20-18-16-14-12-10-8-7-9-11-13-15-17-19-21-24-28-42(3)5-2)40-75-80(70,71)79-81(72,73)76-41-50(55(68)54(46)67)78-56(47)60-36-35-51(58)59-57(60)69/h33-36,42-43,45-50,54-56,61,63-64,67-68H,4-32,37-41H2,1-3H3,(H,70,71)(H,72,73)(H2,58,59,69)/b34-33-/t42?,43-,45+,46-,47-,48+,49-,50+,54-,55+,56+/m0/s1. The molecule has 9 N–H and O–H groups in total. The lowest BCUT2D eigenvalue weighted by molar-refractivity contribution is -0.196. The second-order valence-corrected chi connectivity index (χ2v) is 25.5. The van der Waals surface area contributed by atoms with Crippen LogP contribution in [0.3, 0.4) is 0 Å². The van der Waals surface area contributed by atoms with E-state index in [0.29, 0.717) is 19.3 Å². The van der Waals surface area contributed by atoms with E-state index < -0.39 is 133 Å². The summed E-state index contributed by atoms with van der Waals surface area (Å²) in [7, 11) is -11.4. The highest BCUT2D eigenvalue weighted by Gasteiger charge is 2.45. The summed E-state index contributed by atoms with van der Waals surface area (Å²) in [5.74, 6) is -4.29. The molecule has 0 radical (unpaired) electrons. The van der Waals surface area contributed by atoms with Gasteiger partial charge in [0.25, 0.3) is 0 Å². The Hall–Kier alpha value is -2.95. The van der Waals surface area contributed by atoms with Gasteiger partial charge in [-0.3, -0.25) is 28.0 Å². The van der Waals surface area contributed by atoms with E-state index in [1.165, 1.54) is 115 Å². The number of hydrogen-bond donors (Lipinski definition) is 8. The average Bonchev–Trinajstić information content (AvgIpc) is 3.47. The highest BCUT2D eigenvalue weighted by molar-refractivity contribution is 7.61. The fourth-order valence-electron chi connectivity index (χ4n) is 10.2. The molecule has 0 amide bonds. The summed E-state index contributed by atoms with van der Waals surface area (Å²) in [6.07, 6.45) is 15.1. The molecule has 1 aromatic heterocycles. The summed E-state index contributed by atoms with van der Waals surface area (Å²) in [4.78, 5) is 78.1. The summed E-state index contributed by atoms with van der Waals surface area (Å²) in [5, 5.41) is 57.5. The predicted octanol–water partition coefficient (Wildman–Crippen LogP) is 9.37. The number of carbonyl (C=O) groups excluding carboxylic acids is 3. The fraction of sp³-hybridized carbons (Fsp3) is 0.842. The first-order valence-corrected chi connectivity index (χ1v) is 33.3. The molecule has 2 aliphatic heterocycles. The van der Waals surface area contributed by atoms with E-state index in [0.717, 1.165) is 55.2 Å². The van der Waals surface area contributed by atoms with Gasteiger partial charge in [0.1, 0.15) is 36.6 Å². The maximum Gasteiger partial charge on any atom is 0.481 e. The van der Waals surface area contributed by atoms with Gasteiger partial charge in [-0.25, -0.2) is 13.9 Å². The first kappa shape index (κ1) is 72.3. The van der Waals surface area contributed by atoms with Crippen molar-refractivity contribution in [1.82, 2.24) is 9.55 Å². The van der Waals surface area contributed by atoms with E-state index in [1.807, 2.05) is 6.92 Å². The Labute approximate surface area is 480 Å². The molecule has 0 spiro atoms. The third-order valence-corrected chi connectivity index (χ3v) is 17.9. The number of phosphoric acid groups is 2. The molecule has 1 aromatic rings. The topological polar surface area (TPSA) is 343 Å². The lowest BCUT2D eigenvalue weighted by atomic mass is 9.82. The number of fused-ring (bicyclic) bond motifs is 3. The Morgan fingerprint density at radius 2 is 1.33 bits per heavy atom. The van der Waals surface area contributed by atoms with Crippen LogP contribution in [0.1, 0.15) is 226 Å². The zero-order chi connectivity index (χ0) is 59.6. The first-order valence-electron chi connectivity index (χ1n) is 30.3. The Bertz CT molecular complexity index is 2120. The van der Waals surface area contributed by atoms with Gasteiger partial charge in [-0.1, -0.05) is 174 Å².